The van der Waals surface area contributed by atoms with Crippen LogP contribution in [0.1, 0.15) is 32.1 Å². The van der Waals surface area contributed by atoms with E-state index in [0.717, 1.165) is 32.2 Å². The normalized spacial score (nSPS) is 25.2. The predicted octanol–water partition coefficient (Wildman–Crippen LogP) is 2.10. The molecule has 0 saturated carbocycles. The molecule has 29 heavy (non-hydrogen) atoms. The second-order valence-electron chi connectivity index (χ2n) is 8.05. The van der Waals surface area contributed by atoms with Crippen molar-refractivity contribution in [2.75, 3.05) is 39.9 Å². The number of methoxy groups -OCH3 is 1. The Bertz CT molecular complexity index is 827. The van der Waals surface area contributed by atoms with Crippen molar-refractivity contribution in [3.8, 4) is 0 Å². The van der Waals surface area contributed by atoms with Crippen LogP contribution in [0.2, 0.25) is 5.02 Å². The number of carbonyl (C=O) groups excluding carboxylic acids is 1. The van der Waals surface area contributed by atoms with Gasteiger partial charge < -0.3 is 10.5 Å². The topological polar surface area (TPSA) is 92.9 Å². The first kappa shape index (κ1) is 22.5. The smallest absolute Gasteiger partial charge is 0.243 e. The molecule has 3 rings (SSSR count). The number of ether oxygens (including phenoxy) is 1. The van der Waals surface area contributed by atoms with Gasteiger partial charge in [-0.25, -0.2) is 8.42 Å². The highest BCUT2D eigenvalue weighted by atomic mass is 35.5. The van der Waals surface area contributed by atoms with Crippen LogP contribution in [0, 0.1) is 5.41 Å². The first-order valence-corrected chi connectivity index (χ1v) is 11.9. The lowest BCUT2D eigenvalue weighted by molar-refractivity contribution is -0.133. The number of sulfonamides is 1. The highest BCUT2D eigenvalue weighted by molar-refractivity contribution is 7.89. The molecule has 2 aliphatic heterocycles. The second kappa shape index (κ2) is 9.31. The fraction of sp³-hybridized carbons (Fsp3) is 0.650. The van der Waals surface area contributed by atoms with E-state index in [2.05, 4.69) is 4.90 Å². The molecule has 1 unspecified atom stereocenters. The first-order valence-electron chi connectivity index (χ1n) is 10.1. The number of halogens is 1. The Kier molecular flexibility index (Phi) is 7.22. The minimum Gasteiger partial charge on any atom is -0.385 e. The summed E-state index contributed by atoms with van der Waals surface area (Å²) in [6.07, 6.45) is 3.78. The van der Waals surface area contributed by atoms with E-state index in [9.17, 15) is 13.2 Å². The van der Waals surface area contributed by atoms with Gasteiger partial charge in [0.1, 0.15) is 0 Å². The van der Waals surface area contributed by atoms with Crippen LogP contribution in [0.25, 0.3) is 0 Å². The van der Waals surface area contributed by atoms with E-state index in [4.69, 9.17) is 22.1 Å². The quantitative estimate of drug-likeness (QED) is 0.696. The number of benzene rings is 1. The SMILES string of the molecule is COCCC1(C(N)=O)CCCN(C2CCN(S(=O)(=O)c3cccc(Cl)c3)CC2)C1. The van der Waals surface area contributed by atoms with Gasteiger partial charge in [0.05, 0.1) is 10.3 Å². The maximum Gasteiger partial charge on any atom is 0.243 e. The Morgan fingerprint density at radius 1 is 1.31 bits per heavy atom. The Morgan fingerprint density at radius 3 is 2.66 bits per heavy atom. The standard InChI is InChI=1S/C20H30ClN3O4S/c1-28-13-9-20(19(22)25)8-3-10-23(15-20)17-6-11-24(12-7-17)29(26,27)18-5-2-4-16(21)14-18/h2,4-5,14,17H,3,6-13,15H2,1H3,(H2,22,25). The Labute approximate surface area is 178 Å². The summed E-state index contributed by atoms with van der Waals surface area (Å²) in [5.41, 5.74) is 5.21. The summed E-state index contributed by atoms with van der Waals surface area (Å²) >= 11 is 5.97. The van der Waals surface area contributed by atoms with Crippen LogP contribution in [0.15, 0.2) is 29.2 Å². The van der Waals surface area contributed by atoms with Gasteiger partial charge in [0, 0.05) is 44.4 Å². The minimum atomic E-state index is -3.55. The summed E-state index contributed by atoms with van der Waals surface area (Å²) in [5.74, 6) is -0.264. The molecule has 9 heteroatoms. The van der Waals surface area contributed by atoms with Gasteiger partial charge in [-0.3, -0.25) is 9.69 Å². The van der Waals surface area contributed by atoms with Gasteiger partial charge in [0.25, 0.3) is 0 Å². The molecule has 2 heterocycles. The molecular weight excluding hydrogens is 414 g/mol. The number of hydrogen-bond acceptors (Lipinski definition) is 5. The number of hydrogen-bond donors (Lipinski definition) is 1. The van der Waals surface area contributed by atoms with Gasteiger partial charge in [0.2, 0.25) is 15.9 Å². The summed E-state index contributed by atoms with van der Waals surface area (Å²) in [7, 11) is -1.92. The molecule has 1 atom stereocenters. The van der Waals surface area contributed by atoms with Crippen LogP contribution in [-0.4, -0.2) is 69.5 Å². The summed E-state index contributed by atoms with van der Waals surface area (Å²) in [6.45, 7) is 2.95. The van der Waals surface area contributed by atoms with Crippen molar-refractivity contribution >= 4 is 27.5 Å². The predicted molar refractivity (Wildman–Crippen MR) is 112 cm³/mol. The zero-order chi connectivity index (χ0) is 21.1. The number of carbonyl (C=O) groups is 1. The average molecular weight is 444 g/mol. The molecule has 0 radical (unpaired) electrons. The third-order valence-corrected chi connectivity index (χ3v) is 8.42. The summed E-state index contributed by atoms with van der Waals surface area (Å²) in [6, 6.07) is 6.64. The third-order valence-electron chi connectivity index (χ3n) is 6.29. The fourth-order valence-corrected chi connectivity index (χ4v) is 6.30. The van der Waals surface area contributed by atoms with Crippen molar-refractivity contribution in [1.82, 2.24) is 9.21 Å². The summed E-state index contributed by atoms with van der Waals surface area (Å²) in [4.78, 5) is 14.8. The van der Waals surface area contributed by atoms with E-state index in [1.165, 1.54) is 10.4 Å². The monoisotopic (exact) mass is 443 g/mol. The highest BCUT2D eigenvalue weighted by Crippen LogP contribution is 2.36. The number of piperidine rings is 2. The van der Waals surface area contributed by atoms with Crippen LogP contribution in [0.5, 0.6) is 0 Å². The summed E-state index contributed by atoms with van der Waals surface area (Å²) in [5, 5.41) is 0.410. The van der Waals surface area contributed by atoms with Crippen molar-refractivity contribution in [1.29, 1.82) is 0 Å². The fourth-order valence-electron chi connectivity index (χ4n) is 4.53. The van der Waals surface area contributed by atoms with Gasteiger partial charge >= 0.3 is 0 Å². The maximum absolute atomic E-state index is 12.9. The van der Waals surface area contributed by atoms with E-state index in [1.807, 2.05) is 0 Å². The van der Waals surface area contributed by atoms with E-state index in [-0.39, 0.29) is 16.8 Å². The molecular formula is C20H30ClN3O4S. The second-order valence-corrected chi connectivity index (χ2v) is 10.4. The molecule has 1 amide bonds. The lowest BCUT2D eigenvalue weighted by Crippen LogP contribution is -2.56. The van der Waals surface area contributed by atoms with Crippen molar-refractivity contribution in [3.63, 3.8) is 0 Å². The van der Waals surface area contributed by atoms with Crippen molar-refractivity contribution in [3.05, 3.63) is 29.3 Å². The van der Waals surface area contributed by atoms with Crippen molar-refractivity contribution < 1.29 is 17.9 Å². The molecule has 7 nitrogen and oxygen atoms in total. The van der Waals surface area contributed by atoms with Gasteiger partial charge in [-0.2, -0.15) is 4.31 Å². The molecule has 0 bridgehead atoms. The maximum atomic E-state index is 12.9. The van der Waals surface area contributed by atoms with E-state index in [0.29, 0.717) is 37.7 Å². The molecule has 0 aromatic heterocycles. The lowest BCUT2D eigenvalue weighted by atomic mass is 9.76. The summed E-state index contributed by atoms with van der Waals surface area (Å²) < 4.78 is 32.5. The van der Waals surface area contributed by atoms with Crippen LogP contribution in [-0.2, 0) is 19.6 Å². The van der Waals surface area contributed by atoms with E-state index in [1.54, 1.807) is 25.3 Å². The zero-order valence-corrected chi connectivity index (χ0v) is 18.4. The number of rotatable bonds is 7. The lowest BCUT2D eigenvalue weighted by Gasteiger charge is -2.46. The first-order chi connectivity index (χ1) is 13.8. The van der Waals surface area contributed by atoms with Gasteiger partial charge in [-0.15, -0.1) is 0 Å². The van der Waals surface area contributed by atoms with Crippen molar-refractivity contribution in [2.45, 2.75) is 43.0 Å². The third kappa shape index (κ3) is 4.94. The molecule has 0 spiro atoms. The largest absolute Gasteiger partial charge is 0.385 e. The number of nitrogens with zero attached hydrogens (tertiary/aromatic N) is 2. The van der Waals surface area contributed by atoms with Gasteiger partial charge in [0.15, 0.2) is 0 Å². The number of amides is 1. The zero-order valence-electron chi connectivity index (χ0n) is 16.8. The van der Waals surface area contributed by atoms with Crippen molar-refractivity contribution in [2.24, 2.45) is 11.1 Å². The number of primary amides is 1. The molecule has 0 aliphatic carbocycles. The van der Waals surface area contributed by atoms with Crippen LogP contribution in [0.4, 0.5) is 0 Å². The molecule has 2 fully saturated rings. The Balaban J connectivity index is 1.65. The van der Waals surface area contributed by atoms with Gasteiger partial charge in [-0.05, 0) is 56.8 Å². The molecule has 1 aromatic rings. The molecule has 2 N–H and O–H groups in total. The molecule has 162 valence electrons. The van der Waals surface area contributed by atoms with E-state index < -0.39 is 15.4 Å². The molecule has 2 aliphatic rings. The Morgan fingerprint density at radius 2 is 2.03 bits per heavy atom. The number of likely N-dealkylation sites (tertiary alicyclic amines) is 1. The van der Waals surface area contributed by atoms with Crippen LogP contribution >= 0.6 is 11.6 Å². The molecule has 2 saturated heterocycles. The van der Waals surface area contributed by atoms with Crippen LogP contribution in [0.3, 0.4) is 0 Å². The van der Waals surface area contributed by atoms with Gasteiger partial charge in [-0.1, -0.05) is 17.7 Å². The average Bonchev–Trinajstić information content (AvgIpc) is 2.72. The Hall–Kier alpha value is -1.19. The number of nitrogens with two attached hydrogens (primary N) is 1. The van der Waals surface area contributed by atoms with Crippen LogP contribution < -0.4 is 5.73 Å². The van der Waals surface area contributed by atoms with E-state index >= 15 is 0 Å². The highest BCUT2D eigenvalue weighted by Gasteiger charge is 2.43. The minimum absolute atomic E-state index is 0.230. The molecule has 1 aromatic carbocycles.